The van der Waals surface area contributed by atoms with Crippen molar-refractivity contribution in [2.24, 2.45) is 0 Å². The molecule has 0 saturated carbocycles. The van der Waals surface area contributed by atoms with Crippen molar-refractivity contribution < 1.29 is 19.1 Å². The van der Waals surface area contributed by atoms with Crippen molar-refractivity contribution in [3.8, 4) is 5.75 Å². The lowest BCUT2D eigenvalue weighted by atomic mass is 10.2. The lowest BCUT2D eigenvalue weighted by Crippen LogP contribution is -2.14. The standard InChI is InChI=1S/C16H13Cl2NO4/c1-22-15(20)9-23-12-4-2-3-11(8-12)19-16(21)13-6-5-10(17)7-14(13)18/h2-8H,9H2,1H3,(H,19,21). The highest BCUT2D eigenvalue weighted by Gasteiger charge is 2.11. The summed E-state index contributed by atoms with van der Waals surface area (Å²) in [6.45, 7) is -0.211. The summed E-state index contributed by atoms with van der Waals surface area (Å²) in [4.78, 5) is 23.3. The van der Waals surface area contributed by atoms with E-state index in [2.05, 4.69) is 10.1 Å². The van der Waals surface area contributed by atoms with E-state index in [1.807, 2.05) is 0 Å². The third-order valence-corrected chi connectivity index (χ3v) is 3.40. The molecule has 7 heteroatoms. The van der Waals surface area contributed by atoms with Gasteiger partial charge in [0.25, 0.3) is 5.91 Å². The zero-order valence-electron chi connectivity index (χ0n) is 12.1. The first-order valence-corrected chi connectivity index (χ1v) is 7.31. The molecule has 0 radical (unpaired) electrons. The second-order valence-electron chi connectivity index (χ2n) is 4.47. The third-order valence-electron chi connectivity index (χ3n) is 2.85. The smallest absolute Gasteiger partial charge is 0.343 e. The van der Waals surface area contributed by atoms with Crippen LogP contribution in [0, 0.1) is 0 Å². The van der Waals surface area contributed by atoms with Gasteiger partial charge in [-0.1, -0.05) is 29.3 Å². The van der Waals surface area contributed by atoms with Crippen molar-refractivity contribution in [3.63, 3.8) is 0 Å². The number of rotatable bonds is 5. The van der Waals surface area contributed by atoms with Crippen molar-refractivity contribution in [2.45, 2.75) is 0 Å². The van der Waals surface area contributed by atoms with Crippen LogP contribution < -0.4 is 10.1 Å². The molecule has 0 aliphatic rings. The Morgan fingerprint density at radius 1 is 1.13 bits per heavy atom. The second kappa shape index (κ2) is 7.85. The molecule has 0 heterocycles. The summed E-state index contributed by atoms with van der Waals surface area (Å²) in [5.41, 5.74) is 0.806. The Balaban J connectivity index is 2.07. The van der Waals surface area contributed by atoms with Crippen LogP contribution in [0.5, 0.6) is 5.75 Å². The Labute approximate surface area is 143 Å². The fourth-order valence-corrected chi connectivity index (χ4v) is 2.23. The Kier molecular flexibility index (Phi) is 5.84. The minimum Gasteiger partial charge on any atom is -0.482 e. The maximum atomic E-state index is 12.2. The first kappa shape index (κ1) is 17.1. The van der Waals surface area contributed by atoms with E-state index in [1.165, 1.54) is 19.2 Å². The van der Waals surface area contributed by atoms with Crippen molar-refractivity contribution in [1.29, 1.82) is 0 Å². The van der Waals surface area contributed by atoms with Gasteiger partial charge in [-0.3, -0.25) is 4.79 Å². The van der Waals surface area contributed by atoms with Gasteiger partial charge in [-0.25, -0.2) is 4.79 Å². The molecular weight excluding hydrogens is 341 g/mol. The van der Waals surface area contributed by atoms with E-state index in [4.69, 9.17) is 27.9 Å². The number of ether oxygens (including phenoxy) is 2. The number of amides is 1. The van der Waals surface area contributed by atoms with Gasteiger partial charge in [0.1, 0.15) is 5.75 Å². The van der Waals surface area contributed by atoms with E-state index in [9.17, 15) is 9.59 Å². The first-order valence-electron chi connectivity index (χ1n) is 6.55. The lowest BCUT2D eigenvalue weighted by molar-refractivity contribution is -0.142. The predicted octanol–water partition coefficient (Wildman–Crippen LogP) is 3.80. The number of carbonyl (C=O) groups is 2. The molecule has 2 aromatic carbocycles. The molecule has 0 aliphatic heterocycles. The van der Waals surface area contributed by atoms with E-state index < -0.39 is 5.97 Å². The minimum atomic E-state index is -0.493. The van der Waals surface area contributed by atoms with Crippen molar-refractivity contribution in [3.05, 3.63) is 58.1 Å². The summed E-state index contributed by atoms with van der Waals surface area (Å²) in [5, 5.41) is 3.40. The molecule has 0 bridgehead atoms. The van der Waals surface area contributed by atoms with Crippen LogP contribution in [0.3, 0.4) is 0 Å². The van der Waals surface area contributed by atoms with Crippen LogP contribution in [0.1, 0.15) is 10.4 Å². The maximum Gasteiger partial charge on any atom is 0.343 e. The molecule has 2 rings (SSSR count). The second-order valence-corrected chi connectivity index (χ2v) is 5.31. The number of benzene rings is 2. The molecule has 0 spiro atoms. The summed E-state index contributed by atoms with van der Waals surface area (Å²) in [6.07, 6.45) is 0. The number of anilines is 1. The van der Waals surface area contributed by atoms with E-state index in [0.29, 0.717) is 22.0 Å². The van der Waals surface area contributed by atoms with Gasteiger partial charge >= 0.3 is 5.97 Å². The number of methoxy groups -OCH3 is 1. The SMILES string of the molecule is COC(=O)COc1cccc(NC(=O)c2ccc(Cl)cc2Cl)c1. The summed E-state index contributed by atoms with van der Waals surface area (Å²) in [6, 6.07) is 11.2. The van der Waals surface area contributed by atoms with Crippen LogP contribution in [0.2, 0.25) is 10.0 Å². The molecule has 1 amide bonds. The minimum absolute atomic E-state index is 0.211. The summed E-state index contributed by atoms with van der Waals surface area (Å²) >= 11 is 11.8. The van der Waals surface area contributed by atoms with E-state index >= 15 is 0 Å². The van der Waals surface area contributed by atoms with Crippen molar-refractivity contribution in [2.75, 3.05) is 19.0 Å². The zero-order chi connectivity index (χ0) is 16.8. The predicted molar refractivity (Wildman–Crippen MR) is 88.4 cm³/mol. The third kappa shape index (κ3) is 4.87. The van der Waals surface area contributed by atoms with Gasteiger partial charge < -0.3 is 14.8 Å². The van der Waals surface area contributed by atoms with E-state index in [0.717, 1.165) is 0 Å². The number of hydrogen-bond donors (Lipinski definition) is 1. The van der Waals surface area contributed by atoms with Crippen LogP contribution in [-0.2, 0) is 9.53 Å². The Morgan fingerprint density at radius 3 is 2.61 bits per heavy atom. The summed E-state index contributed by atoms with van der Waals surface area (Å²) in [7, 11) is 1.28. The normalized spacial score (nSPS) is 10.0. The largest absolute Gasteiger partial charge is 0.482 e. The fraction of sp³-hybridized carbons (Fsp3) is 0.125. The van der Waals surface area contributed by atoms with Gasteiger partial charge in [0, 0.05) is 16.8 Å². The topological polar surface area (TPSA) is 64.6 Å². The maximum absolute atomic E-state index is 12.2. The van der Waals surface area contributed by atoms with Gasteiger partial charge in [-0.2, -0.15) is 0 Å². The Hall–Kier alpha value is -2.24. The van der Waals surface area contributed by atoms with Crippen LogP contribution >= 0.6 is 23.2 Å². The highest BCUT2D eigenvalue weighted by molar-refractivity contribution is 6.37. The zero-order valence-corrected chi connectivity index (χ0v) is 13.6. The van der Waals surface area contributed by atoms with Gasteiger partial charge in [-0.05, 0) is 30.3 Å². The average molecular weight is 354 g/mol. The number of esters is 1. The van der Waals surface area contributed by atoms with Gasteiger partial charge in [0.2, 0.25) is 0 Å². The highest BCUT2D eigenvalue weighted by atomic mass is 35.5. The fourth-order valence-electron chi connectivity index (χ4n) is 1.74. The van der Waals surface area contributed by atoms with E-state index in [1.54, 1.807) is 30.3 Å². The van der Waals surface area contributed by atoms with Gasteiger partial charge in [0.05, 0.1) is 17.7 Å². The van der Waals surface area contributed by atoms with Crippen molar-refractivity contribution >= 4 is 40.8 Å². The monoisotopic (exact) mass is 353 g/mol. The van der Waals surface area contributed by atoms with Gasteiger partial charge in [-0.15, -0.1) is 0 Å². The van der Waals surface area contributed by atoms with Gasteiger partial charge in [0.15, 0.2) is 6.61 Å². The number of nitrogens with one attached hydrogen (secondary N) is 1. The molecule has 2 aromatic rings. The Bertz CT molecular complexity index is 734. The summed E-state index contributed by atoms with van der Waals surface area (Å²) < 4.78 is 9.74. The first-order chi connectivity index (χ1) is 11.0. The molecule has 0 atom stereocenters. The molecule has 120 valence electrons. The highest BCUT2D eigenvalue weighted by Crippen LogP contribution is 2.23. The van der Waals surface area contributed by atoms with Crippen LogP contribution in [0.25, 0.3) is 0 Å². The van der Waals surface area contributed by atoms with E-state index in [-0.39, 0.29) is 17.5 Å². The molecule has 0 unspecified atom stereocenters. The summed E-state index contributed by atoms with van der Waals surface area (Å²) in [5.74, 6) is -0.445. The quantitative estimate of drug-likeness (QED) is 0.830. The number of halogens is 2. The molecule has 5 nitrogen and oxygen atoms in total. The number of hydrogen-bond acceptors (Lipinski definition) is 4. The van der Waals surface area contributed by atoms with Crippen LogP contribution in [0.15, 0.2) is 42.5 Å². The average Bonchev–Trinajstić information content (AvgIpc) is 2.52. The molecule has 0 saturated heterocycles. The van der Waals surface area contributed by atoms with Crippen LogP contribution in [0.4, 0.5) is 5.69 Å². The lowest BCUT2D eigenvalue weighted by Gasteiger charge is -2.09. The molecular formula is C16H13Cl2NO4. The molecule has 23 heavy (non-hydrogen) atoms. The Morgan fingerprint density at radius 2 is 1.91 bits per heavy atom. The molecule has 0 aliphatic carbocycles. The number of carbonyl (C=O) groups excluding carboxylic acids is 2. The molecule has 1 N–H and O–H groups in total. The van der Waals surface area contributed by atoms with Crippen LogP contribution in [-0.4, -0.2) is 25.6 Å². The van der Waals surface area contributed by atoms with Crippen molar-refractivity contribution in [1.82, 2.24) is 0 Å². The molecule has 0 fully saturated rings. The molecule has 0 aromatic heterocycles.